The van der Waals surface area contributed by atoms with Gasteiger partial charge >= 0.3 is 12.0 Å². The van der Waals surface area contributed by atoms with Gasteiger partial charge in [-0.2, -0.15) is 0 Å². The van der Waals surface area contributed by atoms with Crippen molar-refractivity contribution in [1.82, 2.24) is 10.2 Å². The lowest BCUT2D eigenvalue weighted by molar-refractivity contribution is -0.143. The maximum atomic E-state index is 13.5. The second kappa shape index (κ2) is 6.56. The standard InChI is InChI=1S/C17H21FN2O3/c18-13-7-6-11-3-1-5-15(14(11)9-13)19-17(23)20-8-2-4-12(10-20)16(21)22/h6-7,9,12,15H,1-5,8,10H2,(H,19,23)(H,21,22)/t12?,15-/m1/s1. The molecule has 0 bridgehead atoms. The number of nitrogens with one attached hydrogen (secondary N) is 1. The lowest BCUT2D eigenvalue weighted by Crippen LogP contribution is -2.48. The highest BCUT2D eigenvalue weighted by molar-refractivity contribution is 5.77. The summed E-state index contributed by atoms with van der Waals surface area (Å²) >= 11 is 0. The van der Waals surface area contributed by atoms with Gasteiger partial charge in [0.1, 0.15) is 5.82 Å². The molecule has 1 aliphatic heterocycles. The van der Waals surface area contributed by atoms with Crippen LogP contribution in [0.1, 0.15) is 42.9 Å². The van der Waals surface area contributed by atoms with E-state index in [9.17, 15) is 14.0 Å². The van der Waals surface area contributed by atoms with Crippen molar-refractivity contribution in [3.8, 4) is 0 Å². The summed E-state index contributed by atoms with van der Waals surface area (Å²) in [6.07, 6.45) is 3.92. The van der Waals surface area contributed by atoms with E-state index >= 15 is 0 Å². The molecule has 0 radical (unpaired) electrons. The van der Waals surface area contributed by atoms with Crippen LogP contribution in [0, 0.1) is 11.7 Å². The summed E-state index contributed by atoms with van der Waals surface area (Å²) < 4.78 is 13.5. The van der Waals surface area contributed by atoms with Crippen molar-refractivity contribution in [3.05, 3.63) is 35.1 Å². The number of benzene rings is 1. The predicted molar refractivity (Wildman–Crippen MR) is 82.5 cm³/mol. The van der Waals surface area contributed by atoms with Gasteiger partial charge in [-0.1, -0.05) is 6.07 Å². The molecule has 0 saturated carbocycles. The van der Waals surface area contributed by atoms with Gasteiger partial charge in [-0.3, -0.25) is 4.79 Å². The molecule has 124 valence electrons. The minimum Gasteiger partial charge on any atom is -0.481 e. The SMILES string of the molecule is O=C(O)C1CCCN(C(=O)N[C@@H]2CCCc3ccc(F)cc32)C1. The van der Waals surface area contributed by atoms with Gasteiger partial charge in [0, 0.05) is 13.1 Å². The van der Waals surface area contributed by atoms with Crippen LogP contribution in [0.2, 0.25) is 0 Å². The molecule has 0 spiro atoms. The number of halogens is 1. The average Bonchev–Trinajstić information content (AvgIpc) is 2.55. The van der Waals surface area contributed by atoms with E-state index in [1.807, 2.05) is 0 Å². The smallest absolute Gasteiger partial charge is 0.317 e. The third kappa shape index (κ3) is 3.46. The molecule has 1 fully saturated rings. The fourth-order valence-electron chi connectivity index (χ4n) is 3.52. The Morgan fingerprint density at radius 2 is 2.09 bits per heavy atom. The Kier molecular flexibility index (Phi) is 4.50. The average molecular weight is 320 g/mol. The molecular weight excluding hydrogens is 299 g/mol. The number of carboxylic acid groups (broad SMARTS) is 1. The van der Waals surface area contributed by atoms with Crippen LogP contribution in [0.15, 0.2) is 18.2 Å². The van der Waals surface area contributed by atoms with Gasteiger partial charge in [-0.05, 0) is 55.4 Å². The number of carboxylic acids is 1. The van der Waals surface area contributed by atoms with Crippen molar-refractivity contribution in [2.45, 2.75) is 38.1 Å². The monoisotopic (exact) mass is 320 g/mol. The molecule has 1 aromatic rings. The highest BCUT2D eigenvalue weighted by atomic mass is 19.1. The van der Waals surface area contributed by atoms with Crippen molar-refractivity contribution in [3.63, 3.8) is 0 Å². The molecule has 2 aliphatic rings. The number of likely N-dealkylation sites (tertiary alicyclic amines) is 1. The molecule has 0 aromatic heterocycles. The first-order valence-corrected chi connectivity index (χ1v) is 8.11. The minimum atomic E-state index is -0.854. The Bertz CT molecular complexity index is 620. The first kappa shape index (κ1) is 15.8. The van der Waals surface area contributed by atoms with Gasteiger partial charge in [0.2, 0.25) is 0 Å². The Morgan fingerprint density at radius 3 is 2.87 bits per heavy atom. The Balaban J connectivity index is 1.69. The minimum absolute atomic E-state index is 0.202. The summed E-state index contributed by atoms with van der Waals surface area (Å²) in [5.74, 6) is -1.65. The number of rotatable bonds is 2. The summed E-state index contributed by atoms with van der Waals surface area (Å²) in [6.45, 7) is 0.808. The first-order valence-electron chi connectivity index (χ1n) is 8.11. The molecule has 5 nitrogen and oxygen atoms in total. The Labute approximate surface area is 134 Å². The number of hydrogen-bond donors (Lipinski definition) is 2. The number of piperidine rings is 1. The molecule has 2 N–H and O–H groups in total. The van der Waals surface area contributed by atoms with Crippen LogP contribution in [0.5, 0.6) is 0 Å². The van der Waals surface area contributed by atoms with E-state index in [4.69, 9.17) is 5.11 Å². The number of nitrogens with zero attached hydrogens (tertiary/aromatic N) is 1. The van der Waals surface area contributed by atoms with Gasteiger partial charge in [-0.15, -0.1) is 0 Å². The summed E-state index contributed by atoms with van der Waals surface area (Å²) in [7, 11) is 0. The third-order valence-corrected chi connectivity index (χ3v) is 4.78. The maximum absolute atomic E-state index is 13.5. The number of urea groups is 1. The molecule has 1 saturated heterocycles. The zero-order valence-electron chi connectivity index (χ0n) is 12.9. The maximum Gasteiger partial charge on any atom is 0.317 e. The molecule has 2 amide bonds. The van der Waals surface area contributed by atoms with Crippen LogP contribution in [0.4, 0.5) is 9.18 Å². The Morgan fingerprint density at radius 1 is 1.26 bits per heavy atom. The normalized spacial score (nSPS) is 24.0. The number of fused-ring (bicyclic) bond motifs is 1. The fourth-order valence-corrected chi connectivity index (χ4v) is 3.52. The number of aliphatic carboxylic acids is 1. The zero-order valence-corrected chi connectivity index (χ0v) is 12.9. The van der Waals surface area contributed by atoms with E-state index in [0.717, 1.165) is 30.4 Å². The van der Waals surface area contributed by atoms with E-state index < -0.39 is 11.9 Å². The highest BCUT2D eigenvalue weighted by Crippen LogP contribution is 2.30. The molecule has 1 aliphatic carbocycles. The summed E-state index contributed by atoms with van der Waals surface area (Å²) in [6, 6.07) is 4.27. The molecule has 2 atom stereocenters. The molecule has 3 rings (SSSR count). The van der Waals surface area contributed by atoms with Crippen LogP contribution < -0.4 is 5.32 Å². The van der Waals surface area contributed by atoms with Crippen molar-refractivity contribution in [1.29, 1.82) is 0 Å². The number of carbonyl (C=O) groups excluding carboxylic acids is 1. The van der Waals surface area contributed by atoms with E-state index in [2.05, 4.69) is 5.32 Å². The van der Waals surface area contributed by atoms with E-state index in [1.165, 1.54) is 12.1 Å². The van der Waals surface area contributed by atoms with Crippen LogP contribution in [0.25, 0.3) is 0 Å². The zero-order chi connectivity index (χ0) is 16.4. The number of hydrogen-bond acceptors (Lipinski definition) is 2. The summed E-state index contributed by atoms with van der Waals surface area (Å²) in [5.41, 5.74) is 1.92. The van der Waals surface area contributed by atoms with Crippen molar-refractivity contribution in [2.24, 2.45) is 5.92 Å². The molecule has 1 unspecified atom stereocenters. The molecule has 1 heterocycles. The lowest BCUT2D eigenvalue weighted by atomic mass is 9.87. The van der Waals surface area contributed by atoms with Gasteiger partial charge in [0.05, 0.1) is 12.0 Å². The number of amides is 2. The van der Waals surface area contributed by atoms with Gasteiger partial charge < -0.3 is 15.3 Å². The van der Waals surface area contributed by atoms with Gasteiger partial charge in [-0.25, -0.2) is 9.18 Å². The molecule has 6 heteroatoms. The summed E-state index contributed by atoms with van der Waals surface area (Å²) in [4.78, 5) is 25.1. The van der Waals surface area contributed by atoms with Crippen molar-refractivity contribution < 1.29 is 19.1 Å². The first-order chi connectivity index (χ1) is 11.0. The summed E-state index contributed by atoms with van der Waals surface area (Å²) in [5, 5.41) is 12.1. The fraction of sp³-hybridized carbons (Fsp3) is 0.529. The predicted octanol–water partition coefficient (Wildman–Crippen LogP) is 2.71. The van der Waals surface area contributed by atoms with Crippen LogP contribution in [-0.4, -0.2) is 35.1 Å². The Hall–Kier alpha value is -2.11. The second-order valence-corrected chi connectivity index (χ2v) is 6.36. The van der Waals surface area contributed by atoms with E-state index in [-0.39, 0.29) is 24.4 Å². The van der Waals surface area contributed by atoms with Crippen molar-refractivity contribution >= 4 is 12.0 Å². The lowest BCUT2D eigenvalue weighted by Gasteiger charge is -2.33. The van der Waals surface area contributed by atoms with Gasteiger partial charge in [0.25, 0.3) is 0 Å². The van der Waals surface area contributed by atoms with Crippen LogP contribution in [0.3, 0.4) is 0 Å². The second-order valence-electron chi connectivity index (χ2n) is 6.36. The van der Waals surface area contributed by atoms with E-state index in [0.29, 0.717) is 19.4 Å². The largest absolute Gasteiger partial charge is 0.481 e. The quantitative estimate of drug-likeness (QED) is 0.880. The third-order valence-electron chi connectivity index (χ3n) is 4.78. The van der Waals surface area contributed by atoms with E-state index in [1.54, 1.807) is 11.0 Å². The van der Waals surface area contributed by atoms with Crippen LogP contribution >= 0.6 is 0 Å². The highest BCUT2D eigenvalue weighted by Gasteiger charge is 2.30. The van der Waals surface area contributed by atoms with Crippen molar-refractivity contribution in [2.75, 3.05) is 13.1 Å². The van der Waals surface area contributed by atoms with Gasteiger partial charge in [0.15, 0.2) is 0 Å². The topological polar surface area (TPSA) is 69.6 Å². The van der Waals surface area contributed by atoms with Crippen LogP contribution in [-0.2, 0) is 11.2 Å². The molecule has 1 aromatic carbocycles. The number of carbonyl (C=O) groups is 2. The number of aryl methyl sites for hydroxylation is 1. The molecule has 23 heavy (non-hydrogen) atoms. The molecular formula is C17H21FN2O3.